The van der Waals surface area contributed by atoms with Gasteiger partial charge < -0.3 is 14.7 Å². The first-order valence-electron chi connectivity index (χ1n) is 11.2. The molecule has 1 unspecified atom stereocenters. The van der Waals surface area contributed by atoms with Gasteiger partial charge in [0, 0.05) is 37.1 Å². The van der Waals surface area contributed by atoms with Crippen LogP contribution in [0.15, 0.2) is 27.6 Å². The smallest absolute Gasteiger partial charge is 0.410 e. The number of carbonyl (C=O) groups is 1. The van der Waals surface area contributed by atoms with Crippen molar-refractivity contribution < 1.29 is 23.1 Å². The van der Waals surface area contributed by atoms with Crippen LogP contribution in [0.3, 0.4) is 0 Å². The summed E-state index contributed by atoms with van der Waals surface area (Å²) in [5, 5.41) is 11.0. The Morgan fingerprint density at radius 2 is 1.79 bits per heavy atom. The second kappa shape index (κ2) is 9.60. The van der Waals surface area contributed by atoms with Gasteiger partial charge in [-0.3, -0.25) is 0 Å². The number of aliphatic hydroxyl groups excluding tert-OH is 1. The molecule has 1 saturated heterocycles. The van der Waals surface area contributed by atoms with Crippen molar-refractivity contribution in [2.75, 3.05) is 20.1 Å². The summed E-state index contributed by atoms with van der Waals surface area (Å²) in [6, 6.07) is 5.04. The first kappa shape index (κ1) is 28.3. The predicted molar refractivity (Wildman–Crippen MR) is 137 cm³/mol. The molecule has 1 fully saturated rings. The van der Waals surface area contributed by atoms with Crippen molar-refractivity contribution >= 4 is 40.1 Å². The van der Waals surface area contributed by atoms with Crippen LogP contribution in [-0.4, -0.2) is 68.4 Å². The lowest BCUT2D eigenvalue weighted by Gasteiger charge is -2.49. The van der Waals surface area contributed by atoms with E-state index >= 15 is 0 Å². The quantitative estimate of drug-likeness (QED) is 0.501. The third kappa shape index (κ3) is 6.39. The minimum atomic E-state index is -3.78. The van der Waals surface area contributed by atoms with E-state index in [1.54, 1.807) is 46.0 Å². The number of nitrogens with zero attached hydrogens (tertiary/aromatic N) is 2. The Labute approximate surface area is 208 Å². The summed E-state index contributed by atoms with van der Waals surface area (Å²) in [5.74, 6) is -0.0688. The molecule has 188 valence electrons. The average molecular weight is 564 g/mol. The number of benzene rings is 1. The number of hydrogen-bond donors (Lipinski definition) is 1. The normalized spacial score (nSPS) is 17.4. The summed E-state index contributed by atoms with van der Waals surface area (Å²) in [5.41, 5.74) is -0.610. The Morgan fingerprint density at radius 3 is 2.27 bits per heavy atom. The lowest BCUT2D eigenvalue weighted by atomic mass is 10.1. The van der Waals surface area contributed by atoms with Gasteiger partial charge in [0.2, 0.25) is 10.0 Å². The zero-order valence-electron chi connectivity index (χ0n) is 21.3. The van der Waals surface area contributed by atoms with Crippen LogP contribution in [0.2, 0.25) is 18.1 Å². The van der Waals surface area contributed by atoms with Crippen molar-refractivity contribution in [1.82, 2.24) is 9.21 Å². The summed E-state index contributed by atoms with van der Waals surface area (Å²) in [6.45, 7) is 16.8. The van der Waals surface area contributed by atoms with E-state index in [9.17, 15) is 18.3 Å². The molecule has 0 bridgehead atoms. The molecule has 1 aliphatic heterocycles. The van der Waals surface area contributed by atoms with Gasteiger partial charge in [0.25, 0.3) is 0 Å². The maximum absolute atomic E-state index is 13.5. The molecule has 1 aliphatic rings. The molecule has 1 amide bonds. The number of halogens is 1. The fourth-order valence-corrected chi connectivity index (χ4v) is 8.18. The van der Waals surface area contributed by atoms with Gasteiger partial charge in [0.15, 0.2) is 0 Å². The van der Waals surface area contributed by atoms with Gasteiger partial charge in [-0.25, -0.2) is 13.2 Å². The van der Waals surface area contributed by atoms with Crippen LogP contribution in [0.1, 0.15) is 47.1 Å². The van der Waals surface area contributed by atoms with Crippen LogP contribution >= 0.6 is 15.9 Å². The molecule has 0 saturated carbocycles. The highest BCUT2D eigenvalue weighted by Crippen LogP contribution is 2.42. The standard InChI is InChI=1S/C23H39BrN2O5SSi/c1-22(2,3)31-21(28)25(7)13-16-10-11-18(24)12-19(16)32(29,30)26-14-17(15-26)20(27)33(8,9)23(4,5)6/h10-12,17,20,27H,13-15H2,1-9H3. The van der Waals surface area contributed by atoms with Crippen LogP contribution in [-0.2, 0) is 21.3 Å². The van der Waals surface area contributed by atoms with Crippen LogP contribution in [0.25, 0.3) is 0 Å². The Balaban J connectivity index is 2.22. The summed E-state index contributed by atoms with van der Waals surface area (Å²) < 4.78 is 34.4. The monoisotopic (exact) mass is 562 g/mol. The molecule has 1 heterocycles. The van der Waals surface area contributed by atoms with E-state index in [0.29, 0.717) is 23.1 Å². The predicted octanol–water partition coefficient (Wildman–Crippen LogP) is 4.85. The Morgan fingerprint density at radius 1 is 1.24 bits per heavy atom. The number of aliphatic hydroxyl groups is 1. The molecule has 0 radical (unpaired) electrons. The van der Waals surface area contributed by atoms with Gasteiger partial charge in [-0.1, -0.05) is 55.9 Å². The number of ether oxygens (including phenoxy) is 1. The number of rotatable bonds is 6. The highest BCUT2D eigenvalue weighted by Gasteiger charge is 2.50. The van der Waals surface area contributed by atoms with Crippen LogP contribution < -0.4 is 0 Å². The molecule has 1 N–H and O–H groups in total. The number of sulfonamides is 1. The van der Waals surface area contributed by atoms with E-state index in [4.69, 9.17) is 4.74 Å². The van der Waals surface area contributed by atoms with Crippen molar-refractivity contribution in [2.24, 2.45) is 5.92 Å². The summed E-state index contributed by atoms with van der Waals surface area (Å²) in [4.78, 5) is 13.9. The first-order valence-corrected chi connectivity index (χ1v) is 16.5. The van der Waals surface area contributed by atoms with Gasteiger partial charge in [-0.15, -0.1) is 0 Å². The molecule has 0 spiro atoms. The molecule has 0 aromatic heterocycles. The van der Waals surface area contributed by atoms with Gasteiger partial charge in [-0.2, -0.15) is 4.31 Å². The Bertz CT molecular complexity index is 980. The zero-order chi connectivity index (χ0) is 25.6. The maximum Gasteiger partial charge on any atom is 0.410 e. The number of amides is 1. The van der Waals surface area contributed by atoms with Crippen molar-refractivity contribution in [1.29, 1.82) is 0 Å². The third-order valence-electron chi connectivity index (χ3n) is 6.75. The lowest BCUT2D eigenvalue weighted by molar-refractivity contribution is 0.0283. The van der Waals surface area contributed by atoms with E-state index in [1.165, 1.54) is 9.21 Å². The van der Waals surface area contributed by atoms with E-state index in [2.05, 4.69) is 49.8 Å². The zero-order valence-corrected chi connectivity index (χ0v) is 24.7. The first-order chi connectivity index (χ1) is 14.8. The Kier molecular flexibility index (Phi) is 8.23. The van der Waals surface area contributed by atoms with E-state index in [-0.39, 0.29) is 22.4 Å². The van der Waals surface area contributed by atoms with Gasteiger partial charge in [-0.05, 0) is 43.5 Å². The number of hydrogen-bond acceptors (Lipinski definition) is 5. The van der Waals surface area contributed by atoms with Gasteiger partial charge >= 0.3 is 6.09 Å². The molecule has 1 atom stereocenters. The van der Waals surface area contributed by atoms with E-state index < -0.39 is 35.5 Å². The third-order valence-corrected chi connectivity index (χ3v) is 15.0. The molecular formula is C23H39BrN2O5SSi. The Hall–Kier alpha value is -0.943. The van der Waals surface area contributed by atoms with Gasteiger partial charge in [0.1, 0.15) is 5.60 Å². The van der Waals surface area contributed by atoms with E-state index in [1.807, 2.05) is 0 Å². The fraction of sp³-hybridized carbons (Fsp3) is 0.696. The molecule has 10 heteroatoms. The molecule has 33 heavy (non-hydrogen) atoms. The number of carbonyl (C=O) groups excluding carboxylic acids is 1. The molecule has 2 rings (SSSR count). The highest BCUT2D eigenvalue weighted by atomic mass is 79.9. The maximum atomic E-state index is 13.5. The van der Waals surface area contributed by atoms with Crippen molar-refractivity contribution in [3.63, 3.8) is 0 Å². The second-order valence-electron chi connectivity index (χ2n) is 11.6. The molecular weight excluding hydrogens is 524 g/mol. The summed E-state index contributed by atoms with van der Waals surface area (Å²) in [7, 11) is -4.21. The minimum absolute atomic E-state index is 0.00935. The largest absolute Gasteiger partial charge is 0.444 e. The molecule has 0 aliphatic carbocycles. The van der Waals surface area contributed by atoms with Crippen molar-refractivity contribution in [2.45, 2.75) is 82.4 Å². The van der Waals surface area contributed by atoms with Crippen LogP contribution in [0.5, 0.6) is 0 Å². The van der Waals surface area contributed by atoms with Gasteiger partial charge in [0.05, 0.1) is 18.7 Å². The van der Waals surface area contributed by atoms with E-state index in [0.717, 1.165) is 0 Å². The highest BCUT2D eigenvalue weighted by molar-refractivity contribution is 9.10. The average Bonchev–Trinajstić information content (AvgIpc) is 2.58. The van der Waals surface area contributed by atoms with Crippen LogP contribution in [0.4, 0.5) is 4.79 Å². The molecule has 1 aromatic rings. The molecule has 1 aromatic carbocycles. The molecule has 7 nitrogen and oxygen atoms in total. The fourth-order valence-electron chi connectivity index (χ4n) is 3.60. The topological polar surface area (TPSA) is 87.2 Å². The minimum Gasteiger partial charge on any atom is -0.444 e. The van der Waals surface area contributed by atoms with Crippen LogP contribution in [0, 0.1) is 5.92 Å². The summed E-state index contributed by atoms with van der Waals surface area (Å²) >= 11 is 3.37. The second-order valence-corrected chi connectivity index (χ2v) is 19.9. The van der Waals surface area contributed by atoms with Crippen molar-refractivity contribution in [3.05, 3.63) is 28.2 Å². The summed E-state index contributed by atoms with van der Waals surface area (Å²) in [6.07, 6.45) is -0.518. The lowest BCUT2D eigenvalue weighted by Crippen LogP contribution is -2.62. The van der Waals surface area contributed by atoms with Crippen molar-refractivity contribution in [3.8, 4) is 0 Å². The SMILES string of the molecule is CN(Cc1ccc(Br)cc1S(=O)(=O)N1CC(C(O)[Si](C)(C)C(C)(C)C)C1)C(=O)OC(C)(C)C.